The van der Waals surface area contributed by atoms with Crippen molar-refractivity contribution in [3.63, 3.8) is 0 Å². The summed E-state index contributed by atoms with van der Waals surface area (Å²) in [7, 11) is 0. The molecule has 4 heteroatoms. The molecule has 1 fully saturated rings. The molecule has 0 amide bonds. The lowest BCUT2D eigenvalue weighted by Gasteiger charge is -2.27. The number of benzene rings is 3. The highest BCUT2D eigenvalue weighted by Gasteiger charge is 2.25. The molecule has 0 heterocycles. The normalized spacial score (nSPS) is 18.5. The quantitative estimate of drug-likeness (QED) is 0.377. The van der Waals surface area contributed by atoms with Crippen LogP contribution in [0.3, 0.4) is 0 Å². The Hall–Kier alpha value is -2.75. The summed E-state index contributed by atoms with van der Waals surface area (Å²) >= 11 is 0. The first-order chi connectivity index (χ1) is 15.5. The van der Waals surface area contributed by atoms with Crippen molar-refractivity contribution in [2.75, 3.05) is 0 Å². The molecule has 1 nitrogen and oxygen atoms in total. The Morgan fingerprint density at radius 2 is 1.56 bits per heavy atom. The summed E-state index contributed by atoms with van der Waals surface area (Å²) in [4.78, 5) is 0. The molecule has 168 valence electrons. The van der Waals surface area contributed by atoms with Gasteiger partial charge in [-0.15, -0.1) is 0 Å². The molecule has 0 radical (unpaired) electrons. The van der Waals surface area contributed by atoms with Crippen molar-refractivity contribution in [1.29, 1.82) is 0 Å². The second kappa shape index (κ2) is 9.81. The van der Waals surface area contributed by atoms with Crippen LogP contribution in [0.2, 0.25) is 0 Å². The van der Waals surface area contributed by atoms with Crippen molar-refractivity contribution in [2.24, 2.45) is 5.92 Å². The third kappa shape index (κ3) is 4.85. The van der Waals surface area contributed by atoms with Gasteiger partial charge < -0.3 is 4.74 Å². The molecule has 0 unspecified atom stereocenters. The minimum atomic E-state index is -0.798. The summed E-state index contributed by atoms with van der Waals surface area (Å²) in [5.74, 6) is -0.516. The van der Waals surface area contributed by atoms with E-state index in [4.69, 9.17) is 4.74 Å². The van der Waals surface area contributed by atoms with E-state index in [-0.39, 0.29) is 23.9 Å². The van der Waals surface area contributed by atoms with Gasteiger partial charge in [-0.1, -0.05) is 63.1 Å². The number of hydrogen-bond donors (Lipinski definition) is 0. The van der Waals surface area contributed by atoms with Gasteiger partial charge in [-0.3, -0.25) is 0 Å². The lowest BCUT2D eigenvalue weighted by Crippen LogP contribution is -2.13. The third-order valence-corrected chi connectivity index (χ3v) is 6.65. The molecule has 4 rings (SSSR count). The van der Waals surface area contributed by atoms with E-state index in [0.717, 1.165) is 37.7 Å². The van der Waals surface area contributed by atoms with Crippen LogP contribution >= 0.6 is 0 Å². The molecule has 3 aromatic carbocycles. The third-order valence-electron chi connectivity index (χ3n) is 6.65. The molecule has 1 aliphatic rings. The zero-order valence-electron chi connectivity index (χ0n) is 18.6. The SMILES string of the molecule is CCc1ccc(COc2ccc(-c3ccc(C4CCC(C)CC4)c(F)c3F)cc2)c(F)c1. The first-order valence-corrected chi connectivity index (χ1v) is 11.4. The molecular weight excluding hydrogens is 409 g/mol. The molecule has 0 aromatic heterocycles. The molecule has 0 N–H and O–H groups in total. The van der Waals surface area contributed by atoms with Crippen LogP contribution in [-0.4, -0.2) is 0 Å². The van der Waals surface area contributed by atoms with Gasteiger partial charge in [0.25, 0.3) is 0 Å². The Morgan fingerprint density at radius 3 is 2.22 bits per heavy atom. The molecule has 0 spiro atoms. The number of rotatable bonds is 6. The van der Waals surface area contributed by atoms with E-state index in [1.165, 1.54) is 6.07 Å². The van der Waals surface area contributed by atoms with Crippen LogP contribution in [0.15, 0.2) is 54.6 Å². The number of halogens is 3. The lowest BCUT2D eigenvalue weighted by atomic mass is 9.79. The van der Waals surface area contributed by atoms with E-state index in [2.05, 4.69) is 6.92 Å². The van der Waals surface area contributed by atoms with Crippen molar-refractivity contribution < 1.29 is 17.9 Å². The van der Waals surface area contributed by atoms with Crippen molar-refractivity contribution >= 4 is 0 Å². The maximum absolute atomic E-state index is 14.9. The Morgan fingerprint density at radius 1 is 0.844 bits per heavy atom. The summed E-state index contributed by atoms with van der Waals surface area (Å²) in [5, 5.41) is 0. The van der Waals surface area contributed by atoms with Crippen LogP contribution in [0, 0.1) is 23.4 Å². The van der Waals surface area contributed by atoms with Gasteiger partial charge in [0.1, 0.15) is 18.2 Å². The summed E-state index contributed by atoms with van der Waals surface area (Å²) in [6, 6.07) is 15.3. The van der Waals surface area contributed by atoms with Crippen LogP contribution in [0.1, 0.15) is 62.1 Å². The summed E-state index contributed by atoms with van der Waals surface area (Å²) < 4.78 is 49.6. The fourth-order valence-electron chi connectivity index (χ4n) is 4.49. The smallest absolute Gasteiger partial charge is 0.166 e. The van der Waals surface area contributed by atoms with E-state index in [9.17, 15) is 13.2 Å². The Kier molecular flexibility index (Phi) is 6.88. The minimum Gasteiger partial charge on any atom is -0.489 e. The van der Waals surface area contributed by atoms with E-state index in [1.54, 1.807) is 42.5 Å². The molecule has 1 saturated carbocycles. The van der Waals surface area contributed by atoms with Crippen LogP contribution in [0.25, 0.3) is 11.1 Å². The predicted molar refractivity (Wildman–Crippen MR) is 122 cm³/mol. The predicted octanol–water partition coefficient (Wildman–Crippen LogP) is 8.21. The molecule has 0 aliphatic heterocycles. The second-order valence-corrected chi connectivity index (χ2v) is 8.88. The van der Waals surface area contributed by atoms with Gasteiger partial charge in [0.15, 0.2) is 11.6 Å². The lowest BCUT2D eigenvalue weighted by molar-refractivity contribution is 0.300. The zero-order chi connectivity index (χ0) is 22.7. The molecule has 32 heavy (non-hydrogen) atoms. The van der Waals surface area contributed by atoms with Gasteiger partial charge in [0.05, 0.1) is 0 Å². The molecule has 0 atom stereocenters. The fraction of sp³-hybridized carbons (Fsp3) is 0.357. The maximum Gasteiger partial charge on any atom is 0.166 e. The first kappa shape index (κ1) is 22.4. The van der Waals surface area contributed by atoms with E-state index >= 15 is 0 Å². The highest BCUT2D eigenvalue weighted by Crippen LogP contribution is 2.38. The number of aryl methyl sites for hydroxylation is 1. The highest BCUT2D eigenvalue weighted by molar-refractivity contribution is 5.65. The van der Waals surface area contributed by atoms with Gasteiger partial charge in [-0.05, 0) is 66.0 Å². The van der Waals surface area contributed by atoms with Crippen LogP contribution in [-0.2, 0) is 13.0 Å². The van der Waals surface area contributed by atoms with Gasteiger partial charge in [-0.2, -0.15) is 0 Å². The monoisotopic (exact) mass is 438 g/mol. The number of hydrogen-bond acceptors (Lipinski definition) is 1. The highest BCUT2D eigenvalue weighted by atomic mass is 19.2. The Bertz CT molecular complexity index is 1070. The van der Waals surface area contributed by atoms with E-state index in [0.29, 0.717) is 28.4 Å². The van der Waals surface area contributed by atoms with Crippen LogP contribution in [0.4, 0.5) is 13.2 Å². The Balaban J connectivity index is 1.46. The van der Waals surface area contributed by atoms with Crippen molar-refractivity contribution in [1.82, 2.24) is 0 Å². The maximum atomic E-state index is 14.9. The van der Waals surface area contributed by atoms with Crippen LogP contribution in [0.5, 0.6) is 5.75 Å². The molecule has 0 saturated heterocycles. The fourth-order valence-corrected chi connectivity index (χ4v) is 4.49. The summed E-state index contributed by atoms with van der Waals surface area (Å²) in [6.07, 6.45) is 4.70. The first-order valence-electron chi connectivity index (χ1n) is 11.4. The average molecular weight is 439 g/mol. The standard InChI is InChI=1S/C28H29F3O/c1-3-19-6-9-22(26(29)16-19)17-32-23-12-10-21(11-13-23)25-15-14-24(27(30)28(25)31)20-7-4-18(2)5-8-20/h6,9-16,18,20H,3-5,7-8,17H2,1-2H3. The van der Waals surface area contributed by atoms with Crippen molar-refractivity contribution in [2.45, 2.75) is 58.5 Å². The van der Waals surface area contributed by atoms with Crippen LogP contribution < -0.4 is 4.74 Å². The van der Waals surface area contributed by atoms with Gasteiger partial charge >= 0.3 is 0 Å². The second-order valence-electron chi connectivity index (χ2n) is 8.88. The number of ether oxygens (including phenoxy) is 1. The van der Waals surface area contributed by atoms with Crippen molar-refractivity contribution in [3.8, 4) is 16.9 Å². The molecule has 1 aliphatic carbocycles. The summed E-state index contributed by atoms with van der Waals surface area (Å²) in [5.41, 5.74) is 2.73. The van der Waals surface area contributed by atoms with E-state index < -0.39 is 11.6 Å². The molecule has 3 aromatic rings. The minimum absolute atomic E-state index is 0.0947. The largest absolute Gasteiger partial charge is 0.489 e. The topological polar surface area (TPSA) is 9.23 Å². The Labute approximate surface area is 188 Å². The van der Waals surface area contributed by atoms with Gasteiger partial charge in [-0.25, -0.2) is 13.2 Å². The zero-order valence-corrected chi connectivity index (χ0v) is 18.6. The molecule has 0 bridgehead atoms. The molecular formula is C28H29F3O. The average Bonchev–Trinajstić information content (AvgIpc) is 2.81. The summed E-state index contributed by atoms with van der Waals surface area (Å²) in [6.45, 7) is 4.29. The van der Waals surface area contributed by atoms with Crippen molar-refractivity contribution in [3.05, 3.63) is 88.7 Å². The van der Waals surface area contributed by atoms with Gasteiger partial charge in [0, 0.05) is 11.1 Å². The van der Waals surface area contributed by atoms with E-state index in [1.807, 2.05) is 13.0 Å². The van der Waals surface area contributed by atoms with Gasteiger partial charge in [0.2, 0.25) is 0 Å².